The predicted octanol–water partition coefficient (Wildman–Crippen LogP) is 1.20. The van der Waals surface area contributed by atoms with Crippen LogP contribution in [0.5, 0.6) is 5.75 Å². The van der Waals surface area contributed by atoms with Crippen molar-refractivity contribution in [3.05, 3.63) is 29.6 Å². The minimum Gasteiger partial charge on any atom is -0.507 e. The molecule has 0 bridgehead atoms. The fraction of sp³-hybridized carbons (Fsp3) is 0.429. The van der Waals surface area contributed by atoms with Crippen molar-refractivity contribution >= 4 is 21.5 Å². The molecule has 8 heteroatoms. The summed E-state index contributed by atoms with van der Waals surface area (Å²) in [6.07, 6.45) is 0.636. The van der Waals surface area contributed by atoms with Crippen molar-refractivity contribution in [2.24, 2.45) is 11.0 Å². The van der Waals surface area contributed by atoms with Gasteiger partial charge >= 0.3 is 0 Å². The summed E-state index contributed by atoms with van der Waals surface area (Å²) < 4.78 is 36.0. The third-order valence-electron chi connectivity index (χ3n) is 3.51. The Morgan fingerprint density at radius 2 is 2.23 bits per heavy atom. The molecule has 22 heavy (non-hydrogen) atoms. The average molecular weight is 328 g/mol. The van der Waals surface area contributed by atoms with Crippen LogP contribution in [0.3, 0.4) is 0 Å². The minimum atomic E-state index is -3.15. The number of benzene rings is 1. The van der Waals surface area contributed by atoms with Crippen LogP contribution in [0, 0.1) is 11.7 Å². The number of carbonyl (C=O) groups excluding carboxylic acids is 1. The molecule has 1 atom stereocenters. The molecule has 6 nitrogen and oxygen atoms in total. The fourth-order valence-corrected chi connectivity index (χ4v) is 4.03. The van der Waals surface area contributed by atoms with Gasteiger partial charge in [-0.2, -0.15) is 5.10 Å². The number of aromatic hydroxyl groups is 1. The van der Waals surface area contributed by atoms with Crippen molar-refractivity contribution in [3.8, 4) is 5.75 Å². The lowest BCUT2D eigenvalue weighted by Crippen LogP contribution is -2.28. The number of nitrogens with zero attached hydrogens (tertiary/aromatic N) is 1. The lowest BCUT2D eigenvalue weighted by molar-refractivity contribution is -0.124. The van der Waals surface area contributed by atoms with Gasteiger partial charge in [0.2, 0.25) is 5.91 Å². The second kappa shape index (κ2) is 6.43. The SMILES string of the molecule is CC/C(=N\NC(=O)[C@H]1CCS(=O)(=O)C1)c1cc(F)ccc1O. The first-order valence-corrected chi connectivity index (χ1v) is 8.70. The first-order valence-electron chi connectivity index (χ1n) is 6.88. The molecule has 2 rings (SSSR count). The molecule has 0 spiro atoms. The van der Waals surface area contributed by atoms with E-state index in [1.807, 2.05) is 0 Å². The van der Waals surface area contributed by atoms with Crippen LogP contribution in [0.1, 0.15) is 25.3 Å². The van der Waals surface area contributed by atoms with Crippen molar-refractivity contribution < 1.29 is 22.7 Å². The topological polar surface area (TPSA) is 95.8 Å². The van der Waals surface area contributed by atoms with Gasteiger partial charge in [0.05, 0.1) is 23.1 Å². The number of sulfone groups is 1. The summed E-state index contributed by atoms with van der Waals surface area (Å²) >= 11 is 0. The van der Waals surface area contributed by atoms with Crippen molar-refractivity contribution in [1.29, 1.82) is 0 Å². The van der Waals surface area contributed by atoms with Gasteiger partial charge in [-0.25, -0.2) is 18.2 Å². The van der Waals surface area contributed by atoms with Crippen LogP contribution < -0.4 is 5.43 Å². The van der Waals surface area contributed by atoms with Crippen LogP contribution in [0.15, 0.2) is 23.3 Å². The highest BCUT2D eigenvalue weighted by atomic mass is 32.2. The van der Waals surface area contributed by atoms with Gasteiger partial charge < -0.3 is 5.11 Å². The van der Waals surface area contributed by atoms with E-state index in [-0.39, 0.29) is 29.2 Å². The molecule has 1 aromatic carbocycles. The molecule has 1 aliphatic rings. The van der Waals surface area contributed by atoms with Gasteiger partial charge in [0.15, 0.2) is 9.84 Å². The Labute approximate surface area is 128 Å². The van der Waals surface area contributed by atoms with Crippen LogP contribution >= 0.6 is 0 Å². The molecule has 0 radical (unpaired) electrons. The van der Waals surface area contributed by atoms with Gasteiger partial charge in [-0.05, 0) is 31.0 Å². The summed E-state index contributed by atoms with van der Waals surface area (Å²) in [4.78, 5) is 11.9. The first kappa shape index (κ1) is 16.4. The van der Waals surface area contributed by atoms with Crippen LogP contribution in [-0.2, 0) is 14.6 Å². The van der Waals surface area contributed by atoms with Crippen molar-refractivity contribution in [2.45, 2.75) is 19.8 Å². The summed E-state index contributed by atoms with van der Waals surface area (Å²) in [5.41, 5.74) is 2.82. The Morgan fingerprint density at radius 3 is 2.82 bits per heavy atom. The monoisotopic (exact) mass is 328 g/mol. The number of nitrogens with one attached hydrogen (secondary N) is 1. The van der Waals surface area contributed by atoms with E-state index in [9.17, 15) is 22.7 Å². The number of amides is 1. The van der Waals surface area contributed by atoms with Crippen LogP contribution in [0.25, 0.3) is 0 Å². The fourth-order valence-electron chi connectivity index (χ4n) is 2.28. The normalized spacial score (nSPS) is 20.8. The highest BCUT2D eigenvalue weighted by Gasteiger charge is 2.32. The quantitative estimate of drug-likeness (QED) is 0.641. The molecule has 0 saturated carbocycles. The maximum Gasteiger partial charge on any atom is 0.244 e. The molecule has 0 aromatic heterocycles. The number of hydrogen-bond acceptors (Lipinski definition) is 5. The van der Waals surface area contributed by atoms with E-state index in [1.165, 1.54) is 6.07 Å². The van der Waals surface area contributed by atoms with E-state index >= 15 is 0 Å². The number of halogens is 1. The lowest BCUT2D eigenvalue weighted by Gasteiger charge is -2.09. The third kappa shape index (κ3) is 3.82. The maximum atomic E-state index is 13.3. The number of phenols is 1. The second-order valence-corrected chi connectivity index (χ2v) is 7.38. The van der Waals surface area contributed by atoms with Crippen molar-refractivity contribution in [3.63, 3.8) is 0 Å². The van der Waals surface area contributed by atoms with Crippen LogP contribution in [-0.4, -0.2) is 36.6 Å². The lowest BCUT2D eigenvalue weighted by atomic mass is 10.1. The average Bonchev–Trinajstić information content (AvgIpc) is 2.83. The molecule has 1 aliphatic heterocycles. The summed E-state index contributed by atoms with van der Waals surface area (Å²) in [6, 6.07) is 3.46. The van der Waals surface area contributed by atoms with E-state index in [1.54, 1.807) is 6.92 Å². The summed E-state index contributed by atoms with van der Waals surface area (Å²) in [6.45, 7) is 1.75. The number of hydrazone groups is 1. The predicted molar refractivity (Wildman–Crippen MR) is 79.8 cm³/mol. The van der Waals surface area contributed by atoms with E-state index in [4.69, 9.17) is 0 Å². The summed E-state index contributed by atoms with van der Waals surface area (Å²) in [5.74, 6) is -1.95. The molecule has 0 unspecified atom stereocenters. The Hall–Kier alpha value is -1.96. The Morgan fingerprint density at radius 1 is 1.50 bits per heavy atom. The second-order valence-electron chi connectivity index (χ2n) is 5.15. The van der Waals surface area contributed by atoms with Gasteiger partial charge in [0, 0.05) is 5.56 Å². The van der Waals surface area contributed by atoms with Gasteiger partial charge in [-0.15, -0.1) is 0 Å². The molecular weight excluding hydrogens is 311 g/mol. The van der Waals surface area contributed by atoms with E-state index in [0.717, 1.165) is 12.1 Å². The Balaban J connectivity index is 2.13. The maximum absolute atomic E-state index is 13.3. The van der Waals surface area contributed by atoms with E-state index in [2.05, 4.69) is 10.5 Å². The summed E-state index contributed by atoms with van der Waals surface area (Å²) in [5, 5.41) is 13.6. The van der Waals surface area contributed by atoms with Gasteiger partial charge in [-0.3, -0.25) is 4.79 Å². The molecular formula is C14H17FN2O4S. The molecule has 1 aromatic rings. The zero-order valence-corrected chi connectivity index (χ0v) is 12.9. The standard InChI is InChI=1S/C14H17FN2O4S/c1-2-12(11-7-10(15)3-4-13(11)18)16-17-14(19)9-5-6-22(20,21)8-9/h3-4,7,9,18H,2,5-6,8H2,1H3,(H,17,19)/b16-12+/t9-/m0/s1. The molecule has 1 amide bonds. The Bertz CT molecular complexity index is 716. The highest BCUT2D eigenvalue weighted by Crippen LogP contribution is 2.21. The zero-order valence-electron chi connectivity index (χ0n) is 12.0. The molecule has 1 heterocycles. The van der Waals surface area contributed by atoms with Crippen molar-refractivity contribution in [1.82, 2.24) is 5.43 Å². The zero-order chi connectivity index (χ0) is 16.3. The van der Waals surface area contributed by atoms with Gasteiger partial charge in [0.1, 0.15) is 11.6 Å². The van der Waals surface area contributed by atoms with E-state index < -0.39 is 27.5 Å². The van der Waals surface area contributed by atoms with Crippen molar-refractivity contribution in [2.75, 3.05) is 11.5 Å². The molecule has 1 fully saturated rings. The minimum absolute atomic E-state index is 0.000120. The third-order valence-corrected chi connectivity index (χ3v) is 5.28. The van der Waals surface area contributed by atoms with Gasteiger partial charge in [-0.1, -0.05) is 6.92 Å². The van der Waals surface area contributed by atoms with Crippen LogP contribution in [0.4, 0.5) is 4.39 Å². The number of carbonyl (C=O) groups is 1. The number of rotatable bonds is 4. The summed E-state index contributed by atoms with van der Waals surface area (Å²) in [7, 11) is -3.15. The van der Waals surface area contributed by atoms with Gasteiger partial charge in [0.25, 0.3) is 0 Å². The molecule has 1 saturated heterocycles. The smallest absolute Gasteiger partial charge is 0.244 e. The first-order chi connectivity index (χ1) is 10.3. The highest BCUT2D eigenvalue weighted by molar-refractivity contribution is 7.91. The molecule has 2 N–H and O–H groups in total. The largest absolute Gasteiger partial charge is 0.507 e. The number of hydrogen-bond donors (Lipinski definition) is 2. The number of phenolic OH excluding ortho intramolecular Hbond substituents is 1. The van der Waals surface area contributed by atoms with Crippen LogP contribution in [0.2, 0.25) is 0 Å². The molecule has 120 valence electrons. The Kier molecular flexibility index (Phi) is 4.80. The van der Waals surface area contributed by atoms with E-state index in [0.29, 0.717) is 12.1 Å². The molecule has 0 aliphatic carbocycles.